The van der Waals surface area contributed by atoms with Gasteiger partial charge in [0.05, 0.1) is 11.8 Å². The number of nitrogens with zero attached hydrogens (tertiary/aromatic N) is 3. The highest BCUT2D eigenvalue weighted by molar-refractivity contribution is 6.10. The van der Waals surface area contributed by atoms with Crippen molar-refractivity contribution in [1.29, 1.82) is 0 Å². The number of aliphatic hydroxyl groups is 1. The van der Waals surface area contributed by atoms with Crippen LogP contribution in [-0.2, 0) is 0 Å². The van der Waals surface area contributed by atoms with Crippen LogP contribution in [0.2, 0.25) is 0 Å². The van der Waals surface area contributed by atoms with E-state index >= 15 is 0 Å². The average Bonchev–Trinajstić information content (AvgIpc) is 2.76. The summed E-state index contributed by atoms with van der Waals surface area (Å²) < 4.78 is 1.68. The van der Waals surface area contributed by atoms with Crippen LogP contribution in [0.15, 0.2) is 23.9 Å². The molecule has 5 N–H and O–H groups in total. The van der Waals surface area contributed by atoms with Gasteiger partial charge in [-0.2, -0.15) is 0 Å². The molecule has 2 atom stereocenters. The standard InChI is InChI=1S/C16H19N5O2/c1-7-4-5-10(22)9(3)13(7)21-14(17)11(15(18)23)12-16(21)20-8(2)6-19-12/h4-6,9-10,22H,17H2,1-3H3,(H2,18,23)/t9-,10-/m1/s1. The Bertz CT molecular complexity index is 878. The zero-order valence-electron chi connectivity index (χ0n) is 13.2. The van der Waals surface area contributed by atoms with Crippen molar-refractivity contribution < 1.29 is 9.90 Å². The normalized spacial score (nSPS) is 21.2. The van der Waals surface area contributed by atoms with Gasteiger partial charge in [-0.1, -0.05) is 19.1 Å². The molecule has 7 heteroatoms. The Morgan fingerprint density at radius 3 is 2.74 bits per heavy atom. The number of hydrogen-bond donors (Lipinski definition) is 3. The Kier molecular flexibility index (Phi) is 3.45. The number of aromatic nitrogens is 3. The molecule has 0 aromatic carbocycles. The number of nitrogens with two attached hydrogens (primary N) is 2. The maximum atomic E-state index is 11.8. The molecule has 0 bridgehead atoms. The largest absolute Gasteiger partial charge is 0.388 e. The van der Waals surface area contributed by atoms with E-state index in [0.717, 1.165) is 11.3 Å². The van der Waals surface area contributed by atoms with Crippen molar-refractivity contribution in [2.24, 2.45) is 11.7 Å². The summed E-state index contributed by atoms with van der Waals surface area (Å²) in [6, 6.07) is 0. The van der Waals surface area contributed by atoms with Gasteiger partial charge in [0.15, 0.2) is 5.65 Å². The van der Waals surface area contributed by atoms with Gasteiger partial charge in [0, 0.05) is 17.8 Å². The third kappa shape index (κ3) is 2.20. The van der Waals surface area contributed by atoms with Gasteiger partial charge in [-0.25, -0.2) is 4.98 Å². The minimum absolute atomic E-state index is 0.157. The van der Waals surface area contributed by atoms with Crippen molar-refractivity contribution in [1.82, 2.24) is 14.5 Å². The number of hydrogen-bond acceptors (Lipinski definition) is 5. The van der Waals surface area contributed by atoms with Crippen LogP contribution in [0.4, 0.5) is 5.82 Å². The minimum Gasteiger partial charge on any atom is -0.388 e. The second-order valence-corrected chi connectivity index (χ2v) is 5.85. The van der Waals surface area contributed by atoms with Crippen LogP contribution in [-0.4, -0.2) is 31.7 Å². The van der Waals surface area contributed by atoms with Crippen LogP contribution in [0.5, 0.6) is 0 Å². The number of carbonyl (C=O) groups excluding carboxylic acids is 1. The average molecular weight is 313 g/mol. The number of amides is 1. The molecule has 2 aromatic rings. The Morgan fingerprint density at radius 1 is 1.39 bits per heavy atom. The van der Waals surface area contributed by atoms with E-state index in [2.05, 4.69) is 9.97 Å². The summed E-state index contributed by atoms with van der Waals surface area (Å²) in [6.45, 7) is 5.63. The highest BCUT2D eigenvalue weighted by atomic mass is 16.3. The predicted octanol–water partition coefficient (Wildman–Crippen LogP) is 1.22. The monoisotopic (exact) mass is 313 g/mol. The van der Waals surface area contributed by atoms with Crippen molar-refractivity contribution >= 4 is 28.6 Å². The quantitative estimate of drug-likeness (QED) is 0.770. The lowest BCUT2D eigenvalue weighted by Gasteiger charge is -2.27. The molecule has 0 radical (unpaired) electrons. The van der Waals surface area contributed by atoms with Crippen LogP contribution in [0, 0.1) is 12.8 Å². The van der Waals surface area contributed by atoms with Crippen LogP contribution >= 0.6 is 0 Å². The molecule has 1 aliphatic carbocycles. The number of nitrogen functional groups attached to an aromatic ring is 1. The lowest BCUT2D eigenvalue weighted by Crippen LogP contribution is -2.24. The molecule has 0 spiro atoms. The molecule has 0 saturated carbocycles. The molecule has 0 fully saturated rings. The summed E-state index contributed by atoms with van der Waals surface area (Å²) in [5.41, 5.74) is 15.1. The zero-order valence-corrected chi connectivity index (χ0v) is 13.2. The van der Waals surface area contributed by atoms with Crippen molar-refractivity contribution in [3.8, 4) is 0 Å². The predicted molar refractivity (Wildman–Crippen MR) is 88.4 cm³/mol. The summed E-state index contributed by atoms with van der Waals surface area (Å²) >= 11 is 0. The summed E-state index contributed by atoms with van der Waals surface area (Å²) in [5.74, 6) is -0.662. The van der Waals surface area contributed by atoms with Crippen LogP contribution < -0.4 is 11.5 Å². The first-order valence-electron chi connectivity index (χ1n) is 7.33. The van der Waals surface area contributed by atoms with Gasteiger partial charge in [0.1, 0.15) is 16.9 Å². The molecule has 0 saturated heterocycles. The van der Waals surface area contributed by atoms with E-state index in [4.69, 9.17) is 11.5 Å². The van der Waals surface area contributed by atoms with E-state index in [0.29, 0.717) is 16.9 Å². The fourth-order valence-corrected chi connectivity index (χ4v) is 3.03. The fraction of sp³-hybridized carbons (Fsp3) is 0.312. The van der Waals surface area contributed by atoms with Crippen molar-refractivity contribution in [2.75, 3.05) is 5.73 Å². The maximum Gasteiger partial charge on any atom is 0.254 e. The topological polar surface area (TPSA) is 120 Å². The van der Waals surface area contributed by atoms with E-state index in [1.165, 1.54) is 0 Å². The molecule has 2 heterocycles. The van der Waals surface area contributed by atoms with Crippen molar-refractivity contribution in [3.05, 3.63) is 35.2 Å². The summed E-state index contributed by atoms with van der Waals surface area (Å²) in [6.07, 6.45) is 4.49. The van der Waals surface area contributed by atoms with Gasteiger partial charge in [-0.3, -0.25) is 14.3 Å². The SMILES string of the molecule is CC1=C(n2c(N)c(C(N)=O)c3ncc(C)nc32)[C@H](C)[C@H](O)C=C1. The van der Waals surface area contributed by atoms with Gasteiger partial charge in [-0.15, -0.1) is 0 Å². The molecule has 1 amide bonds. The van der Waals surface area contributed by atoms with E-state index in [-0.39, 0.29) is 17.3 Å². The first kappa shape index (κ1) is 15.2. The molecular formula is C16H19N5O2. The van der Waals surface area contributed by atoms with E-state index < -0.39 is 12.0 Å². The molecule has 0 aliphatic heterocycles. The third-order valence-corrected chi connectivity index (χ3v) is 4.20. The third-order valence-electron chi connectivity index (χ3n) is 4.20. The molecule has 2 aromatic heterocycles. The Morgan fingerprint density at radius 2 is 2.09 bits per heavy atom. The van der Waals surface area contributed by atoms with Crippen molar-refractivity contribution in [3.63, 3.8) is 0 Å². The summed E-state index contributed by atoms with van der Waals surface area (Å²) in [4.78, 5) is 20.6. The number of primary amides is 1. The maximum absolute atomic E-state index is 11.8. The number of anilines is 1. The number of aryl methyl sites for hydroxylation is 1. The first-order valence-corrected chi connectivity index (χ1v) is 7.33. The van der Waals surface area contributed by atoms with E-state index in [9.17, 15) is 9.90 Å². The van der Waals surface area contributed by atoms with Gasteiger partial charge < -0.3 is 16.6 Å². The highest BCUT2D eigenvalue weighted by Crippen LogP contribution is 2.36. The zero-order chi connectivity index (χ0) is 16.9. The second-order valence-electron chi connectivity index (χ2n) is 5.85. The van der Waals surface area contributed by atoms with Gasteiger partial charge in [0.2, 0.25) is 0 Å². The molecule has 120 valence electrons. The van der Waals surface area contributed by atoms with Crippen LogP contribution in [0.25, 0.3) is 16.9 Å². The van der Waals surface area contributed by atoms with E-state index in [1.54, 1.807) is 16.8 Å². The molecule has 7 nitrogen and oxygen atoms in total. The first-order chi connectivity index (χ1) is 10.8. The molecule has 3 rings (SSSR count). The van der Waals surface area contributed by atoms with Crippen LogP contribution in [0.1, 0.15) is 29.9 Å². The van der Waals surface area contributed by atoms with Gasteiger partial charge >= 0.3 is 0 Å². The Balaban J connectivity index is 2.42. The molecule has 23 heavy (non-hydrogen) atoms. The fourth-order valence-electron chi connectivity index (χ4n) is 3.03. The Labute approximate surface area is 133 Å². The number of fused-ring (bicyclic) bond motifs is 1. The van der Waals surface area contributed by atoms with Gasteiger partial charge in [-0.05, 0) is 19.4 Å². The molecular weight excluding hydrogens is 294 g/mol. The number of aliphatic hydroxyl groups excluding tert-OH is 1. The van der Waals surface area contributed by atoms with Crippen LogP contribution in [0.3, 0.4) is 0 Å². The number of rotatable bonds is 2. The molecule has 1 aliphatic rings. The number of carbonyl (C=O) groups is 1. The number of allylic oxidation sites excluding steroid dienone is 2. The van der Waals surface area contributed by atoms with E-state index in [1.807, 2.05) is 26.8 Å². The van der Waals surface area contributed by atoms with Gasteiger partial charge in [0.25, 0.3) is 5.91 Å². The second kappa shape index (κ2) is 5.20. The smallest absolute Gasteiger partial charge is 0.254 e. The highest BCUT2D eigenvalue weighted by Gasteiger charge is 2.29. The Hall–Kier alpha value is -2.67. The minimum atomic E-state index is -0.651. The summed E-state index contributed by atoms with van der Waals surface area (Å²) in [5, 5.41) is 10.2. The molecule has 0 unspecified atom stereocenters. The summed E-state index contributed by atoms with van der Waals surface area (Å²) in [7, 11) is 0. The van der Waals surface area contributed by atoms with Crippen molar-refractivity contribution in [2.45, 2.75) is 26.9 Å². The lowest BCUT2D eigenvalue weighted by molar-refractivity contribution is 0.100. The lowest BCUT2D eigenvalue weighted by atomic mass is 9.91.